The first kappa shape index (κ1) is 14.6. The fraction of sp³-hybridized carbons (Fsp3) is 0.533. The van der Waals surface area contributed by atoms with Crippen LogP contribution in [0.3, 0.4) is 0 Å². The molecule has 3 N–H and O–H groups in total. The Morgan fingerprint density at radius 2 is 2.00 bits per heavy atom. The summed E-state index contributed by atoms with van der Waals surface area (Å²) in [6, 6.07) is 5.63. The molecule has 0 fully saturated rings. The van der Waals surface area contributed by atoms with E-state index in [1.165, 1.54) is 0 Å². The standard InChI is InChI=1S/C15H24N2O/c1-10-7-6-8-12(16)14(10)17-13(18)9-11(2)15(3,4)5/h6-8,11H,9,16H2,1-5H3,(H,17,18). The third-order valence-corrected chi connectivity index (χ3v) is 3.54. The van der Waals surface area contributed by atoms with Gasteiger partial charge in [-0.3, -0.25) is 4.79 Å². The Bertz CT molecular complexity index is 412. The first-order chi connectivity index (χ1) is 8.21. The molecule has 0 aliphatic heterocycles. The summed E-state index contributed by atoms with van der Waals surface area (Å²) in [6.45, 7) is 10.5. The second kappa shape index (κ2) is 5.42. The molecule has 3 heteroatoms. The number of hydrogen-bond donors (Lipinski definition) is 2. The van der Waals surface area contributed by atoms with Gasteiger partial charge in [-0.15, -0.1) is 0 Å². The Balaban J connectivity index is 2.72. The number of para-hydroxylation sites is 1. The first-order valence-corrected chi connectivity index (χ1v) is 6.36. The van der Waals surface area contributed by atoms with Crippen molar-refractivity contribution in [3.05, 3.63) is 23.8 Å². The summed E-state index contributed by atoms with van der Waals surface area (Å²) in [7, 11) is 0. The maximum Gasteiger partial charge on any atom is 0.224 e. The van der Waals surface area contributed by atoms with Crippen molar-refractivity contribution in [2.75, 3.05) is 11.1 Å². The highest BCUT2D eigenvalue weighted by atomic mass is 16.1. The molecule has 0 aromatic heterocycles. The number of nitrogens with two attached hydrogens (primary N) is 1. The number of aryl methyl sites for hydroxylation is 1. The van der Waals surface area contributed by atoms with Gasteiger partial charge < -0.3 is 11.1 Å². The van der Waals surface area contributed by atoms with Crippen LogP contribution in [0.4, 0.5) is 11.4 Å². The minimum absolute atomic E-state index is 0.0263. The van der Waals surface area contributed by atoms with E-state index in [-0.39, 0.29) is 11.3 Å². The second-order valence-electron chi connectivity index (χ2n) is 6.06. The van der Waals surface area contributed by atoms with E-state index in [0.29, 0.717) is 18.0 Å². The molecule has 1 aromatic carbocycles. The average Bonchev–Trinajstić information content (AvgIpc) is 2.22. The summed E-state index contributed by atoms with van der Waals surface area (Å²) in [6.07, 6.45) is 0.511. The maximum absolute atomic E-state index is 12.0. The van der Waals surface area contributed by atoms with Crippen molar-refractivity contribution in [2.24, 2.45) is 11.3 Å². The lowest BCUT2D eigenvalue weighted by molar-refractivity contribution is -0.117. The van der Waals surface area contributed by atoms with E-state index < -0.39 is 0 Å². The van der Waals surface area contributed by atoms with Gasteiger partial charge in [0.2, 0.25) is 5.91 Å². The zero-order chi connectivity index (χ0) is 13.9. The summed E-state index contributed by atoms with van der Waals surface area (Å²) in [4.78, 5) is 12.0. The van der Waals surface area contributed by atoms with Crippen LogP contribution in [-0.4, -0.2) is 5.91 Å². The quantitative estimate of drug-likeness (QED) is 0.803. The van der Waals surface area contributed by atoms with E-state index in [1.54, 1.807) is 6.07 Å². The molecule has 0 bridgehead atoms. The Morgan fingerprint density at radius 1 is 1.39 bits per heavy atom. The molecule has 100 valence electrons. The predicted molar refractivity (Wildman–Crippen MR) is 77.5 cm³/mol. The van der Waals surface area contributed by atoms with Gasteiger partial charge in [0, 0.05) is 6.42 Å². The lowest BCUT2D eigenvalue weighted by Crippen LogP contribution is -2.24. The molecule has 0 aliphatic rings. The van der Waals surface area contributed by atoms with Crippen molar-refractivity contribution in [3.8, 4) is 0 Å². The second-order valence-corrected chi connectivity index (χ2v) is 6.06. The molecule has 18 heavy (non-hydrogen) atoms. The van der Waals surface area contributed by atoms with Gasteiger partial charge >= 0.3 is 0 Å². The van der Waals surface area contributed by atoms with Crippen molar-refractivity contribution in [1.82, 2.24) is 0 Å². The summed E-state index contributed by atoms with van der Waals surface area (Å²) < 4.78 is 0. The third-order valence-electron chi connectivity index (χ3n) is 3.54. The van der Waals surface area contributed by atoms with E-state index in [2.05, 4.69) is 33.0 Å². The van der Waals surface area contributed by atoms with Crippen molar-refractivity contribution in [3.63, 3.8) is 0 Å². The van der Waals surface area contributed by atoms with Crippen LogP contribution in [-0.2, 0) is 4.79 Å². The fourth-order valence-electron chi connectivity index (χ4n) is 1.64. The minimum Gasteiger partial charge on any atom is -0.397 e. The molecule has 0 radical (unpaired) electrons. The molecular weight excluding hydrogens is 224 g/mol. The van der Waals surface area contributed by atoms with Crippen molar-refractivity contribution in [1.29, 1.82) is 0 Å². The minimum atomic E-state index is 0.0263. The number of benzene rings is 1. The van der Waals surface area contributed by atoms with Crippen LogP contribution in [0.2, 0.25) is 0 Å². The third kappa shape index (κ3) is 3.76. The molecule has 3 nitrogen and oxygen atoms in total. The van der Waals surface area contributed by atoms with Crippen LogP contribution < -0.4 is 11.1 Å². The zero-order valence-electron chi connectivity index (χ0n) is 12.0. The lowest BCUT2D eigenvalue weighted by Gasteiger charge is -2.26. The van der Waals surface area contributed by atoms with Gasteiger partial charge in [0.1, 0.15) is 0 Å². The number of hydrogen-bond acceptors (Lipinski definition) is 2. The molecule has 0 aliphatic carbocycles. The summed E-state index contributed by atoms with van der Waals surface area (Å²) in [5, 5.41) is 2.92. The highest BCUT2D eigenvalue weighted by Gasteiger charge is 2.22. The largest absolute Gasteiger partial charge is 0.397 e. The molecule has 0 saturated heterocycles. The first-order valence-electron chi connectivity index (χ1n) is 6.36. The molecule has 1 unspecified atom stereocenters. The molecule has 1 rings (SSSR count). The number of carbonyl (C=O) groups excluding carboxylic acids is 1. The topological polar surface area (TPSA) is 55.1 Å². The molecule has 0 spiro atoms. The van der Waals surface area contributed by atoms with E-state index in [4.69, 9.17) is 5.73 Å². The Hall–Kier alpha value is -1.51. The number of rotatable bonds is 3. The number of anilines is 2. The van der Waals surface area contributed by atoms with Crippen LogP contribution >= 0.6 is 0 Å². The van der Waals surface area contributed by atoms with Gasteiger partial charge in [0.25, 0.3) is 0 Å². The molecule has 0 saturated carbocycles. The normalized spacial score (nSPS) is 13.2. The summed E-state index contributed by atoms with van der Waals surface area (Å²) in [5.41, 5.74) is 8.35. The van der Waals surface area contributed by atoms with Crippen LogP contribution in [0.25, 0.3) is 0 Å². The monoisotopic (exact) mass is 248 g/mol. The average molecular weight is 248 g/mol. The van der Waals surface area contributed by atoms with Gasteiger partial charge in [-0.05, 0) is 29.9 Å². The van der Waals surface area contributed by atoms with Gasteiger partial charge in [0.05, 0.1) is 11.4 Å². The number of nitrogen functional groups attached to an aromatic ring is 1. The van der Waals surface area contributed by atoms with E-state index in [0.717, 1.165) is 11.3 Å². The van der Waals surface area contributed by atoms with Gasteiger partial charge in [-0.2, -0.15) is 0 Å². The van der Waals surface area contributed by atoms with Gasteiger partial charge in [0.15, 0.2) is 0 Å². The van der Waals surface area contributed by atoms with Crippen molar-refractivity contribution < 1.29 is 4.79 Å². The van der Waals surface area contributed by atoms with E-state index >= 15 is 0 Å². The lowest BCUT2D eigenvalue weighted by atomic mass is 9.80. The molecular formula is C15H24N2O. The van der Waals surface area contributed by atoms with Gasteiger partial charge in [-0.25, -0.2) is 0 Å². The summed E-state index contributed by atoms with van der Waals surface area (Å²) in [5.74, 6) is 0.348. The Kier molecular flexibility index (Phi) is 4.38. The van der Waals surface area contributed by atoms with Crippen LogP contribution in [0.5, 0.6) is 0 Å². The van der Waals surface area contributed by atoms with E-state index in [1.807, 2.05) is 19.1 Å². The number of amides is 1. The molecule has 1 aromatic rings. The highest BCUT2D eigenvalue weighted by Crippen LogP contribution is 2.29. The molecule has 0 heterocycles. The summed E-state index contributed by atoms with van der Waals surface area (Å²) >= 11 is 0. The maximum atomic E-state index is 12.0. The van der Waals surface area contributed by atoms with Crippen LogP contribution in [0, 0.1) is 18.3 Å². The van der Waals surface area contributed by atoms with Crippen LogP contribution in [0.15, 0.2) is 18.2 Å². The highest BCUT2D eigenvalue weighted by molar-refractivity contribution is 5.94. The van der Waals surface area contributed by atoms with Crippen molar-refractivity contribution >= 4 is 17.3 Å². The van der Waals surface area contributed by atoms with Gasteiger partial charge in [-0.1, -0.05) is 39.8 Å². The number of carbonyl (C=O) groups is 1. The number of nitrogens with one attached hydrogen (secondary N) is 1. The van der Waals surface area contributed by atoms with E-state index in [9.17, 15) is 4.79 Å². The predicted octanol–water partition coefficient (Wildman–Crippen LogP) is 3.59. The fourth-order valence-corrected chi connectivity index (χ4v) is 1.64. The van der Waals surface area contributed by atoms with Crippen molar-refractivity contribution in [2.45, 2.75) is 41.0 Å². The smallest absolute Gasteiger partial charge is 0.224 e. The zero-order valence-corrected chi connectivity index (χ0v) is 12.0. The molecule has 1 atom stereocenters. The SMILES string of the molecule is Cc1cccc(N)c1NC(=O)CC(C)C(C)(C)C. The van der Waals surface area contributed by atoms with Crippen LogP contribution in [0.1, 0.15) is 39.7 Å². The Morgan fingerprint density at radius 3 is 2.50 bits per heavy atom. The molecule has 1 amide bonds. The Labute approximate surface area is 110 Å².